The van der Waals surface area contributed by atoms with Gasteiger partial charge in [-0.15, -0.1) is 0 Å². The largest absolute Gasteiger partial charge is 0.493 e. The Morgan fingerprint density at radius 1 is 1.09 bits per heavy atom. The maximum atomic E-state index is 13.2. The van der Waals surface area contributed by atoms with Crippen LogP contribution < -0.4 is 24.4 Å². The Bertz CT molecular complexity index is 976. The number of nitrogens with zero attached hydrogens (tertiary/aromatic N) is 3. The molecular formula is C24H32N4O4. The van der Waals surface area contributed by atoms with Crippen molar-refractivity contribution in [2.24, 2.45) is 5.41 Å². The van der Waals surface area contributed by atoms with Crippen LogP contribution in [0, 0.1) is 5.41 Å². The van der Waals surface area contributed by atoms with Crippen LogP contribution in [0.1, 0.15) is 60.8 Å². The van der Waals surface area contributed by atoms with Gasteiger partial charge in [0, 0.05) is 30.4 Å². The number of amides is 1. The SMILES string of the molecule is COc1cc(C(=O)N[C@H]2CC(C)(C)Cc3nc(N4CCCC4)ncc32)cc(OC)c1OC. The van der Waals surface area contributed by atoms with E-state index in [9.17, 15) is 4.79 Å². The van der Waals surface area contributed by atoms with Crippen molar-refractivity contribution in [3.05, 3.63) is 35.2 Å². The van der Waals surface area contributed by atoms with Gasteiger partial charge in [-0.3, -0.25) is 4.79 Å². The van der Waals surface area contributed by atoms with Gasteiger partial charge in [0.1, 0.15) is 0 Å². The molecule has 1 saturated heterocycles. The minimum atomic E-state index is -0.207. The molecule has 32 heavy (non-hydrogen) atoms. The van der Waals surface area contributed by atoms with Gasteiger partial charge in [0.25, 0.3) is 5.91 Å². The molecule has 1 aliphatic carbocycles. The van der Waals surface area contributed by atoms with E-state index in [1.807, 2.05) is 6.20 Å². The summed E-state index contributed by atoms with van der Waals surface area (Å²) < 4.78 is 16.2. The van der Waals surface area contributed by atoms with Crippen molar-refractivity contribution in [2.45, 2.75) is 45.6 Å². The van der Waals surface area contributed by atoms with Gasteiger partial charge in [0.2, 0.25) is 11.7 Å². The number of hydrogen-bond acceptors (Lipinski definition) is 7. The third-order valence-corrected chi connectivity index (χ3v) is 6.29. The van der Waals surface area contributed by atoms with Crippen molar-refractivity contribution >= 4 is 11.9 Å². The Balaban J connectivity index is 1.62. The lowest BCUT2D eigenvalue weighted by molar-refractivity contribution is 0.0918. The smallest absolute Gasteiger partial charge is 0.252 e. The molecule has 8 heteroatoms. The van der Waals surface area contributed by atoms with E-state index in [1.54, 1.807) is 12.1 Å². The number of fused-ring (bicyclic) bond motifs is 1. The second-order valence-electron chi connectivity index (χ2n) is 9.25. The van der Waals surface area contributed by atoms with Crippen LogP contribution in [0.5, 0.6) is 17.2 Å². The molecule has 0 bridgehead atoms. The van der Waals surface area contributed by atoms with Crippen LogP contribution in [0.15, 0.2) is 18.3 Å². The van der Waals surface area contributed by atoms with Crippen LogP contribution in [0.25, 0.3) is 0 Å². The maximum Gasteiger partial charge on any atom is 0.252 e. The van der Waals surface area contributed by atoms with Gasteiger partial charge in [0.05, 0.1) is 33.1 Å². The Morgan fingerprint density at radius 2 is 1.75 bits per heavy atom. The lowest BCUT2D eigenvalue weighted by Gasteiger charge is -2.36. The van der Waals surface area contributed by atoms with Crippen molar-refractivity contribution < 1.29 is 19.0 Å². The number of aromatic nitrogens is 2. The summed E-state index contributed by atoms with van der Waals surface area (Å²) in [7, 11) is 4.61. The first-order valence-corrected chi connectivity index (χ1v) is 11.1. The van der Waals surface area contributed by atoms with Crippen LogP contribution in [-0.4, -0.2) is 50.3 Å². The molecule has 1 fully saturated rings. The van der Waals surface area contributed by atoms with E-state index in [0.29, 0.717) is 22.8 Å². The molecule has 1 N–H and O–H groups in total. The zero-order valence-electron chi connectivity index (χ0n) is 19.5. The first kappa shape index (κ1) is 22.2. The number of anilines is 1. The van der Waals surface area contributed by atoms with Crippen molar-refractivity contribution in [1.29, 1.82) is 0 Å². The fourth-order valence-electron chi connectivity index (χ4n) is 4.69. The summed E-state index contributed by atoms with van der Waals surface area (Å²) in [6.45, 7) is 6.44. The van der Waals surface area contributed by atoms with E-state index in [-0.39, 0.29) is 17.4 Å². The standard InChI is InChI=1S/C24H32N4O4/c1-24(2)12-17(16-14-25-23(27-18(16)13-24)28-8-6-7-9-28)26-22(29)15-10-19(30-3)21(32-5)20(11-15)31-4/h10-11,14,17H,6-9,12-13H2,1-5H3,(H,26,29)/t17-/m0/s1. The van der Waals surface area contributed by atoms with E-state index >= 15 is 0 Å². The van der Waals surface area contributed by atoms with Crippen LogP contribution in [0.3, 0.4) is 0 Å². The molecule has 2 heterocycles. The quantitative estimate of drug-likeness (QED) is 0.735. The van der Waals surface area contributed by atoms with Gasteiger partial charge in [-0.2, -0.15) is 0 Å². The van der Waals surface area contributed by atoms with E-state index < -0.39 is 0 Å². The van der Waals surface area contributed by atoms with Crippen LogP contribution in [0.4, 0.5) is 5.95 Å². The Labute approximate surface area is 189 Å². The number of carbonyl (C=O) groups is 1. The minimum absolute atomic E-state index is 0.0108. The minimum Gasteiger partial charge on any atom is -0.493 e. The summed E-state index contributed by atoms with van der Waals surface area (Å²) in [6, 6.07) is 3.16. The van der Waals surface area contributed by atoms with Gasteiger partial charge in [-0.05, 0) is 43.2 Å². The summed E-state index contributed by atoms with van der Waals surface area (Å²) in [4.78, 5) is 25.0. The number of rotatable bonds is 6. The van der Waals surface area contributed by atoms with Crippen LogP contribution >= 0.6 is 0 Å². The highest BCUT2D eigenvalue weighted by Crippen LogP contribution is 2.41. The molecule has 2 aliphatic rings. The summed E-state index contributed by atoms with van der Waals surface area (Å²) in [6.07, 6.45) is 5.93. The van der Waals surface area contributed by atoms with E-state index in [2.05, 4.69) is 29.0 Å². The average Bonchev–Trinajstić information content (AvgIpc) is 3.31. The van der Waals surface area contributed by atoms with Crippen LogP contribution in [0.2, 0.25) is 0 Å². The van der Waals surface area contributed by atoms with Gasteiger partial charge in [-0.25, -0.2) is 9.97 Å². The Kier molecular flexibility index (Phi) is 6.13. The highest BCUT2D eigenvalue weighted by Gasteiger charge is 2.35. The lowest BCUT2D eigenvalue weighted by Crippen LogP contribution is -2.37. The average molecular weight is 441 g/mol. The lowest BCUT2D eigenvalue weighted by atomic mass is 9.74. The molecule has 1 atom stereocenters. The molecule has 0 unspecified atom stereocenters. The first-order valence-electron chi connectivity index (χ1n) is 11.1. The number of carbonyl (C=O) groups excluding carboxylic acids is 1. The number of benzene rings is 1. The fraction of sp³-hybridized carbons (Fsp3) is 0.542. The third kappa shape index (κ3) is 4.31. The molecule has 1 aromatic heterocycles. The predicted molar refractivity (Wildman–Crippen MR) is 122 cm³/mol. The summed E-state index contributed by atoms with van der Waals surface area (Å²) >= 11 is 0. The molecule has 0 spiro atoms. The summed E-state index contributed by atoms with van der Waals surface area (Å²) in [5.41, 5.74) is 2.47. The highest BCUT2D eigenvalue weighted by atomic mass is 16.5. The fourth-order valence-corrected chi connectivity index (χ4v) is 4.69. The van der Waals surface area contributed by atoms with E-state index in [4.69, 9.17) is 19.2 Å². The molecule has 172 valence electrons. The monoisotopic (exact) mass is 440 g/mol. The zero-order valence-corrected chi connectivity index (χ0v) is 19.5. The second-order valence-corrected chi connectivity index (χ2v) is 9.25. The van der Waals surface area contributed by atoms with Crippen molar-refractivity contribution in [1.82, 2.24) is 15.3 Å². The van der Waals surface area contributed by atoms with E-state index in [0.717, 1.165) is 43.1 Å². The highest BCUT2D eigenvalue weighted by molar-refractivity contribution is 5.96. The molecule has 1 amide bonds. The number of hydrogen-bond donors (Lipinski definition) is 1. The zero-order chi connectivity index (χ0) is 22.9. The first-order chi connectivity index (χ1) is 15.3. The topological polar surface area (TPSA) is 85.8 Å². The molecular weight excluding hydrogens is 408 g/mol. The van der Waals surface area contributed by atoms with Crippen molar-refractivity contribution in [2.75, 3.05) is 39.3 Å². The predicted octanol–water partition coefficient (Wildman–Crippen LogP) is 3.55. The van der Waals surface area contributed by atoms with Gasteiger partial charge < -0.3 is 24.4 Å². The van der Waals surface area contributed by atoms with E-state index in [1.165, 1.54) is 34.2 Å². The second kappa shape index (κ2) is 8.84. The number of ether oxygens (including phenoxy) is 3. The summed E-state index contributed by atoms with van der Waals surface area (Å²) in [5, 5.41) is 3.19. The molecule has 4 rings (SSSR count). The Hall–Kier alpha value is -3.03. The molecule has 1 aliphatic heterocycles. The van der Waals surface area contributed by atoms with Gasteiger partial charge >= 0.3 is 0 Å². The normalized spacial score (nSPS) is 19.3. The number of nitrogens with one attached hydrogen (secondary N) is 1. The molecule has 2 aromatic rings. The Morgan fingerprint density at radius 3 is 2.34 bits per heavy atom. The van der Waals surface area contributed by atoms with Crippen LogP contribution in [-0.2, 0) is 6.42 Å². The van der Waals surface area contributed by atoms with Crippen molar-refractivity contribution in [3.63, 3.8) is 0 Å². The molecule has 1 aromatic carbocycles. The molecule has 0 saturated carbocycles. The van der Waals surface area contributed by atoms with Gasteiger partial charge in [-0.1, -0.05) is 13.8 Å². The molecule has 0 radical (unpaired) electrons. The molecule has 8 nitrogen and oxygen atoms in total. The third-order valence-electron chi connectivity index (χ3n) is 6.29. The van der Waals surface area contributed by atoms with Gasteiger partial charge in [0.15, 0.2) is 11.5 Å². The maximum absolute atomic E-state index is 13.2. The number of methoxy groups -OCH3 is 3. The van der Waals surface area contributed by atoms with Crippen molar-refractivity contribution in [3.8, 4) is 17.2 Å². The summed E-state index contributed by atoms with van der Waals surface area (Å²) in [5.74, 6) is 1.94.